The van der Waals surface area contributed by atoms with Crippen LogP contribution in [0, 0.1) is 0 Å². The molecule has 0 atom stereocenters. The number of hydrogen-bond acceptors (Lipinski definition) is 6. The van der Waals surface area contributed by atoms with Crippen molar-refractivity contribution in [2.45, 2.75) is 26.3 Å². The Kier molecular flexibility index (Phi) is 9.07. The number of pyridine rings is 1. The minimum absolute atomic E-state index is 0.261. The largest absolute Gasteiger partial charge is 0.493 e. The second kappa shape index (κ2) is 11.8. The molecule has 1 amide bonds. The number of carbonyl (C=O) groups is 1. The van der Waals surface area contributed by atoms with Gasteiger partial charge in [-0.3, -0.25) is 4.79 Å². The molecule has 28 heavy (non-hydrogen) atoms. The number of nitrogens with one attached hydrogen (secondary N) is 1. The van der Waals surface area contributed by atoms with Crippen LogP contribution in [0.5, 0.6) is 17.4 Å². The monoisotopic (exact) mass is 388 g/mol. The van der Waals surface area contributed by atoms with Crippen molar-refractivity contribution in [1.29, 1.82) is 0 Å². The Morgan fingerprint density at radius 1 is 1.07 bits per heavy atom. The Morgan fingerprint density at radius 2 is 1.93 bits per heavy atom. The Labute approximate surface area is 166 Å². The van der Waals surface area contributed by atoms with Crippen molar-refractivity contribution < 1.29 is 23.7 Å². The van der Waals surface area contributed by atoms with E-state index in [1.165, 1.54) is 0 Å². The van der Waals surface area contributed by atoms with Crippen LogP contribution in [0.3, 0.4) is 0 Å². The molecule has 0 aliphatic heterocycles. The second-order valence-corrected chi connectivity index (χ2v) is 6.07. The van der Waals surface area contributed by atoms with Gasteiger partial charge in [0.1, 0.15) is 12.2 Å². The Bertz CT molecular complexity index is 751. The molecular weight excluding hydrogens is 360 g/mol. The summed E-state index contributed by atoms with van der Waals surface area (Å²) in [4.78, 5) is 16.7. The average molecular weight is 388 g/mol. The SMILES string of the molecule is CCCCOc1ccc(CNC(=O)c2cccnc2OCCOC)cc1OC. The maximum Gasteiger partial charge on any atom is 0.257 e. The summed E-state index contributed by atoms with van der Waals surface area (Å²) >= 11 is 0. The van der Waals surface area contributed by atoms with E-state index in [2.05, 4.69) is 17.2 Å². The highest BCUT2D eigenvalue weighted by Gasteiger charge is 2.14. The molecule has 0 saturated carbocycles. The molecule has 1 N–H and O–H groups in total. The van der Waals surface area contributed by atoms with Gasteiger partial charge in [0.25, 0.3) is 5.91 Å². The lowest BCUT2D eigenvalue weighted by molar-refractivity contribution is 0.0941. The van der Waals surface area contributed by atoms with Crippen molar-refractivity contribution in [3.05, 3.63) is 47.7 Å². The van der Waals surface area contributed by atoms with E-state index in [-0.39, 0.29) is 11.8 Å². The Hall–Kier alpha value is -2.80. The van der Waals surface area contributed by atoms with Crippen LogP contribution in [0.25, 0.3) is 0 Å². The van der Waals surface area contributed by atoms with Gasteiger partial charge in [-0.25, -0.2) is 4.98 Å². The number of unbranched alkanes of at least 4 members (excludes halogenated alkanes) is 1. The molecule has 152 valence electrons. The van der Waals surface area contributed by atoms with Gasteiger partial charge in [0.05, 0.1) is 20.3 Å². The minimum Gasteiger partial charge on any atom is -0.493 e. The third-order valence-corrected chi connectivity index (χ3v) is 3.98. The molecule has 1 aromatic carbocycles. The second-order valence-electron chi connectivity index (χ2n) is 6.07. The molecule has 0 bridgehead atoms. The van der Waals surface area contributed by atoms with Crippen molar-refractivity contribution >= 4 is 5.91 Å². The van der Waals surface area contributed by atoms with Crippen molar-refractivity contribution in [2.24, 2.45) is 0 Å². The van der Waals surface area contributed by atoms with Crippen molar-refractivity contribution in [3.63, 3.8) is 0 Å². The predicted molar refractivity (Wildman–Crippen MR) is 106 cm³/mol. The normalized spacial score (nSPS) is 10.4. The smallest absolute Gasteiger partial charge is 0.257 e. The van der Waals surface area contributed by atoms with Gasteiger partial charge in [-0.05, 0) is 36.2 Å². The van der Waals surface area contributed by atoms with Crippen LogP contribution in [0.1, 0.15) is 35.7 Å². The lowest BCUT2D eigenvalue weighted by Gasteiger charge is -2.13. The number of amides is 1. The molecule has 0 fully saturated rings. The van der Waals surface area contributed by atoms with E-state index in [0.29, 0.717) is 43.4 Å². The molecule has 1 aromatic heterocycles. The summed E-state index contributed by atoms with van der Waals surface area (Å²) in [6.45, 7) is 3.85. The first-order chi connectivity index (χ1) is 13.7. The van der Waals surface area contributed by atoms with Crippen molar-refractivity contribution in [2.75, 3.05) is 34.0 Å². The zero-order chi connectivity index (χ0) is 20.2. The summed E-state index contributed by atoms with van der Waals surface area (Å²) in [6.07, 6.45) is 3.64. The molecule has 0 aliphatic carbocycles. The fraction of sp³-hybridized carbons (Fsp3) is 0.429. The number of methoxy groups -OCH3 is 2. The molecule has 7 nitrogen and oxygen atoms in total. The zero-order valence-corrected chi connectivity index (χ0v) is 16.7. The highest BCUT2D eigenvalue weighted by atomic mass is 16.5. The van der Waals surface area contributed by atoms with Crippen LogP contribution in [0.2, 0.25) is 0 Å². The van der Waals surface area contributed by atoms with Gasteiger partial charge in [-0.2, -0.15) is 0 Å². The number of hydrogen-bond donors (Lipinski definition) is 1. The van der Waals surface area contributed by atoms with Gasteiger partial charge in [-0.15, -0.1) is 0 Å². The fourth-order valence-electron chi connectivity index (χ4n) is 2.45. The van der Waals surface area contributed by atoms with Gasteiger partial charge in [0.15, 0.2) is 11.5 Å². The van der Waals surface area contributed by atoms with Gasteiger partial charge < -0.3 is 24.3 Å². The van der Waals surface area contributed by atoms with Crippen molar-refractivity contribution in [3.8, 4) is 17.4 Å². The third-order valence-electron chi connectivity index (χ3n) is 3.98. The maximum absolute atomic E-state index is 12.5. The van der Waals surface area contributed by atoms with Crippen LogP contribution in [0.4, 0.5) is 0 Å². The van der Waals surface area contributed by atoms with Gasteiger partial charge in [-0.1, -0.05) is 19.4 Å². The van der Waals surface area contributed by atoms with E-state index >= 15 is 0 Å². The molecule has 0 aliphatic rings. The number of nitrogens with zero attached hydrogens (tertiary/aromatic N) is 1. The quantitative estimate of drug-likeness (QED) is 0.563. The number of carbonyl (C=O) groups excluding carboxylic acids is 1. The van der Waals surface area contributed by atoms with Gasteiger partial charge in [0, 0.05) is 19.9 Å². The molecule has 2 aromatic rings. The van der Waals surface area contributed by atoms with Crippen molar-refractivity contribution in [1.82, 2.24) is 10.3 Å². The minimum atomic E-state index is -0.261. The molecule has 0 unspecified atom stereocenters. The first-order valence-electron chi connectivity index (χ1n) is 9.34. The molecule has 0 radical (unpaired) electrons. The lowest BCUT2D eigenvalue weighted by Crippen LogP contribution is -2.24. The van der Waals surface area contributed by atoms with Crippen LogP contribution >= 0.6 is 0 Å². The molecular formula is C21H28N2O5. The number of ether oxygens (including phenoxy) is 4. The van der Waals surface area contributed by atoms with E-state index in [4.69, 9.17) is 18.9 Å². The highest BCUT2D eigenvalue weighted by Crippen LogP contribution is 2.28. The van der Waals surface area contributed by atoms with Crippen LogP contribution in [0.15, 0.2) is 36.5 Å². The molecule has 2 rings (SSSR count). The first-order valence-corrected chi connectivity index (χ1v) is 9.34. The van der Waals surface area contributed by atoms with Crippen LogP contribution in [-0.2, 0) is 11.3 Å². The summed E-state index contributed by atoms with van der Waals surface area (Å²) in [7, 11) is 3.19. The molecule has 0 saturated heterocycles. The summed E-state index contributed by atoms with van der Waals surface area (Å²) in [5.41, 5.74) is 1.28. The molecule has 0 spiro atoms. The summed E-state index contributed by atoms with van der Waals surface area (Å²) in [5.74, 6) is 1.37. The van der Waals surface area contributed by atoms with E-state index < -0.39 is 0 Å². The Balaban J connectivity index is 1.99. The van der Waals surface area contributed by atoms with E-state index in [1.807, 2.05) is 18.2 Å². The standard InChI is InChI=1S/C21H28N2O5/c1-4-5-11-27-18-9-8-16(14-19(18)26-3)15-23-20(24)17-7-6-10-22-21(17)28-13-12-25-2/h6-10,14H,4-5,11-13,15H2,1-3H3,(H,23,24). The Morgan fingerprint density at radius 3 is 2.68 bits per heavy atom. The number of aromatic nitrogens is 1. The van der Waals surface area contributed by atoms with Gasteiger partial charge >= 0.3 is 0 Å². The lowest BCUT2D eigenvalue weighted by atomic mass is 10.2. The molecule has 1 heterocycles. The highest BCUT2D eigenvalue weighted by molar-refractivity contribution is 5.96. The summed E-state index contributed by atoms with van der Waals surface area (Å²) in [6, 6.07) is 9.00. The maximum atomic E-state index is 12.5. The summed E-state index contributed by atoms with van der Waals surface area (Å²) < 4.78 is 21.6. The predicted octanol–water partition coefficient (Wildman–Crippen LogP) is 3.22. The number of rotatable bonds is 12. The first kappa shape index (κ1) is 21.5. The zero-order valence-electron chi connectivity index (χ0n) is 16.7. The van der Waals surface area contributed by atoms with E-state index in [0.717, 1.165) is 18.4 Å². The average Bonchev–Trinajstić information content (AvgIpc) is 2.73. The van der Waals surface area contributed by atoms with Crippen LogP contribution < -0.4 is 19.5 Å². The van der Waals surface area contributed by atoms with Crippen LogP contribution in [-0.4, -0.2) is 44.9 Å². The third kappa shape index (κ3) is 6.42. The fourth-order valence-corrected chi connectivity index (χ4v) is 2.45. The number of benzene rings is 1. The van der Waals surface area contributed by atoms with E-state index in [1.54, 1.807) is 32.5 Å². The topological polar surface area (TPSA) is 78.9 Å². The molecule has 7 heteroatoms. The van der Waals surface area contributed by atoms with E-state index in [9.17, 15) is 4.79 Å². The van der Waals surface area contributed by atoms with Gasteiger partial charge in [0.2, 0.25) is 5.88 Å². The summed E-state index contributed by atoms with van der Waals surface area (Å²) in [5, 5.41) is 2.88.